The molecule has 2 unspecified atom stereocenters. The Morgan fingerprint density at radius 2 is 2.07 bits per heavy atom. The molecule has 2 aliphatic carbocycles. The first kappa shape index (κ1) is 10.2. The fourth-order valence-corrected chi connectivity index (χ4v) is 2.46. The summed E-state index contributed by atoms with van der Waals surface area (Å²) in [6.45, 7) is 3.43. The Morgan fingerprint density at radius 3 is 2.64 bits per heavy atom. The topological polar surface area (TPSA) is 24.1 Å². The summed E-state index contributed by atoms with van der Waals surface area (Å²) in [4.78, 5) is 0. The number of thiocarbonyl (C=S) groups is 1. The van der Waals surface area contributed by atoms with Crippen LogP contribution in [0.3, 0.4) is 0 Å². The average Bonchev–Trinajstić information content (AvgIpc) is 2.86. The maximum atomic E-state index is 5.22. The van der Waals surface area contributed by atoms with Crippen molar-refractivity contribution in [3.63, 3.8) is 0 Å². The van der Waals surface area contributed by atoms with Gasteiger partial charge in [0.25, 0.3) is 0 Å². The molecule has 0 radical (unpaired) electrons. The minimum Gasteiger partial charge on any atom is -0.362 e. The van der Waals surface area contributed by atoms with Crippen molar-refractivity contribution in [3.8, 4) is 0 Å². The molecule has 0 aromatic carbocycles. The van der Waals surface area contributed by atoms with Gasteiger partial charge >= 0.3 is 0 Å². The molecule has 0 heterocycles. The summed E-state index contributed by atoms with van der Waals surface area (Å²) in [6, 6.07) is 0.677. The first-order valence-electron chi connectivity index (χ1n) is 5.80. The van der Waals surface area contributed by atoms with E-state index in [2.05, 4.69) is 17.6 Å². The number of rotatable bonds is 3. The van der Waals surface area contributed by atoms with E-state index in [0.29, 0.717) is 6.04 Å². The largest absolute Gasteiger partial charge is 0.362 e. The van der Waals surface area contributed by atoms with Gasteiger partial charge in [0, 0.05) is 12.6 Å². The maximum absolute atomic E-state index is 5.22. The summed E-state index contributed by atoms with van der Waals surface area (Å²) in [5.41, 5.74) is 0. The van der Waals surface area contributed by atoms with Crippen molar-refractivity contribution in [1.29, 1.82) is 0 Å². The van der Waals surface area contributed by atoms with E-state index in [-0.39, 0.29) is 0 Å². The third-order valence-corrected chi connectivity index (χ3v) is 3.74. The fraction of sp³-hybridized carbons (Fsp3) is 0.909. The minimum atomic E-state index is 0.677. The molecule has 2 fully saturated rings. The number of nitrogens with one attached hydrogen (secondary N) is 2. The molecule has 2 saturated carbocycles. The number of hydrogen-bond acceptors (Lipinski definition) is 1. The van der Waals surface area contributed by atoms with Crippen LogP contribution in [0.15, 0.2) is 0 Å². The Hall–Kier alpha value is -0.310. The molecule has 2 atom stereocenters. The van der Waals surface area contributed by atoms with Crippen molar-refractivity contribution < 1.29 is 0 Å². The van der Waals surface area contributed by atoms with E-state index in [9.17, 15) is 0 Å². The highest BCUT2D eigenvalue weighted by Crippen LogP contribution is 2.30. The van der Waals surface area contributed by atoms with Crippen molar-refractivity contribution in [1.82, 2.24) is 10.6 Å². The van der Waals surface area contributed by atoms with E-state index in [4.69, 9.17) is 12.2 Å². The molecule has 2 aliphatic rings. The molecular formula is C11H20N2S. The van der Waals surface area contributed by atoms with Gasteiger partial charge in [-0.3, -0.25) is 0 Å². The van der Waals surface area contributed by atoms with Crippen LogP contribution in [0.25, 0.3) is 0 Å². The maximum Gasteiger partial charge on any atom is 0.166 e. The van der Waals surface area contributed by atoms with Gasteiger partial charge in [0.2, 0.25) is 0 Å². The molecule has 80 valence electrons. The molecular weight excluding hydrogens is 192 g/mol. The summed E-state index contributed by atoms with van der Waals surface area (Å²) in [5, 5.41) is 7.53. The van der Waals surface area contributed by atoms with Crippen molar-refractivity contribution in [2.45, 2.75) is 45.1 Å². The van der Waals surface area contributed by atoms with Crippen LogP contribution in [0.5, 0.6) is 0 Å². The lowest BCUT2D eigenvalue weighted by molar-refractivity contribution is 0.414. The normalized spacial score (nSPS) is 31.5. The van der Waals surface area contributed by atoms with E-state index in [1.165, 1.54) is 32.1 Å². The highest BCUT2D eigenvalue weighted by Gasteiger charge is 2.24. The van der Waals surface area contributed by atoms with Crippen molar-refractivity contribution >= 4 is 17.3 Å². The number of hydrogen-bond donors (Lipinski definition) is 2. The van der Waals surface area contributed by atoms with E-state index in [1.807, 2.05) is 0 Å². The first-order valence-corrected chi connectivity index (χ1v) is 6.21. The lowest BCUT2D eigenvalue weighted by atomic mass is 9.98. The molecule has 0 spiro atoms. The third-order valence-electron chi connectivity index (χ3n) is 3.48. The lowest BCUT2D eigenvalue weighted by Gasteiger charge is -2.17. The SMILES string of the molecule is CC1CCCC1CNC(=S)NC1CC1. The summed E-state index contributed by atoms with van der Waals surface area (Å²) < 4.78 is 0. The van der Waals surface area contributed by atoms with Crippen LogP contribution in [0.4, 0.5) is 0 Å². The van der Waals surface area contributed by atoms with Gasteiger partial charge in [0.05, 0.1) is 0 Å². The molecule has 2 N–H and O–H groups in total. The van der Waals surface area contributed by atoms with Crippen LogP contribution < -0.4 is 10.6 Å². The van der Waals surface area contributed by atoms with E-state index in [0.717, 1.165) is 23.5 Å². The zero-order valence-electron chi connectivity index (χ0n) is 8.88. The molecule has 0 aromatic heterocycles. The van der Waals surface area contributed by atoms with Gasteiger partial charge in [-0.05, 0) is 43.3 Å². The molecule has 0 saturated heterocycles. The summed E-state index contributed by atoms with van der Waals surface area (Å²) >= 11 is 5.22. The van der Waals surface area contributed by atoms with E-state index in [1.54, 1.807) is 0 Å². The van der Waals surface area contributed by atoms with E-state index < -0.39 is 0 Å². The van der Waals surface area contributed by atoms with Gasteiger partial charge in [-0.1, -0.05) is 19.8 Å². The van der Waals surface area contributed by atoms with Crippen LogP contribution in [-0.2, 0) is 0 Å². The Bertz CT molecular complexity index is 213. The molecule has 3 heteroatoms. The first-order chi connectivity index (χ1) is 6.75. The summed E-state index contributed by atoms with van der Waals surface area (Å²) in [6.07, 6.45) is 6.76. The summed E-state index contributed by atoms with van der Waals surface area (Å²) in [7, 11) is 0. The Balaban J connectivity index is 1.62. The van der Waals surface area contributed by atoms with Crippen LogP contribution >= 0.6 is 12.2 Å². The molecule has 2 nitrogen and oxygen atoms in total. The predicted molar refractivity (Wildman–Crippen MR) is 63.3 cm³/mol. The quantitative estimate of drug-likeness (QED) is 0.700. The molecule has 0 aliphatic heterocycles. The van der Waals surface area contributed by atoms with Crippen LogP contribution in [-0.4, -0.2) is 17.7 Å². The van der Waals surface area contributed by atoms with Crippen LogP contribution in [0.2, 0.25) is 0 Å². The van der Waals surface area contributed by atoms with Gasteiger partial charge in [-0.2, -0.15) is 0 Å². The smallest absolute Gasteiger partial charge is 0.166 e. The second-order valence-corrected chi connectivity index (χ2v) is 5.21. The Labute approximate surface area is 91.8 Å². The molecule has 2 rings (SSSR count). The molecule has 0 bridgehead atoms. The van der Waals surface area contributed by atoms with Crippen molar-refractivity contribution in [2.75, 3.05) is 6.54 Å². The minimum absolute atomic E-state index is 0.677. The second kappa shape index (κ2) is 4.47. The Kier molecular flexibility index (Phi) is 3.26. The highest BCUT2D eigenvalue weighted by atomic mass is 32.1. The summed E-state index contributed by atoms with van der Waals surface area (Å²) in [5.74, 6) is 1.72. The highest BCUT2D eigenvalue weighted by molar-refractivity contribution is 7.80. The second-order valence-electron chi connectivity index (χ2n) is 4.80. The van der Waals surface area contributed by atoms with Gasteiger partial charge in [-0.25, -0.2) is 0 Å². The third kappa shape index (κ3) is 2.84. The predicted octanol–water partition coefficient (Wildman–Crippen LogP) is 2.05. The van der Waals surface area contributed by atoms with Gasteiger partial charge in [0.1, 0.15) is 0 Å². The van der Waals surface area contributed by atoms with Crippen LogP contribution in [0, 0.1) is 11.8 Å². The Morgan fingerprint density at radius 1 is 1.29 bits per heavy atom. The standard InChI is InChI=1S/C11H20N2S/c1-8-3-2-4-9(8)7-12-11(14)13-10-5-6-10/h8-10H,2-7H2,1H3,(H2,12,13,14). The fourth-order valence-electron chi connectivity index (χ4n) is 2.21. The zero-order valence-corrected chi connectivity index (χ0v) is 9.70. The monoisotopic (exact) mass is 212 g/mol. The average molecular weight is 212 g/mol. The van der Waals surface area contributed by atoms with Crippen molar-refractivity contribution in [2.24, 2.45) is 11.8 Å². The van der Waals surface area contributed by atoms with Crippen LogP contribution in [0.1, 0.15) is 39.0 Å². The molecule has 14 heavy (non-hydrogen) atoms. The van der Waals surface area contributed by atoms with Gasteiger partial charge in [-0.15, -0.1) is 0 Å². The lowest BCUT2D eigenvalue weighted by Crippen LogP contribution is -2.39. The zero-order chi connectivity index (χ0) is 9.97. The molecule has 0 aromatic rings. The molecule has 0 amide bonds. The van der Waals surface area contributed by atoms with E-state index >= 15 is 0 Å². The van der Waals surface area contributed by atoms with Gasteiger partial charge in [0.15, 0.2) is 5.11 Å². The van der Waals surface area contributed by atoms with Gasteiger partial charge < -0.3 is 10.6 Å². The van der Waals surface area contributed by atoms with Crippen molar-refractivity contribution in [3.05, 3.63) is 0 Å².